The van der Waals surface area contributed by atoms with Crippen LogP contribution in [-0.2, 0) is 9.59 Å². The molecule has 0 aromatic heterocycles. The van der Waals surface area contributed by atoms with Gasteiger partial charge in [-0.15, -0.1) is 0 Å². The Morgan fingerprint density at radius 3 is 1.95 bits per heavy atom. The monoisotopic (exact) mass is 286 g/mol. The van der Waals surface area contributed by atoms with Gasteiger partial charge in [-0.1, -0.05) is 0 Å². The maximum Gasteiger partial charge on any atom is 0.490 e. The van der Waals surface area contributed by atoms with Gasteiger partial charge in [-0.3, -0.25) is 4.79 Å². The molecule has 0 aliphatic carbocycles. The van der Waals surface area contributed by atoms with E-state index < -0.39 is 24.2 Å². The van der Waals surface area contributed by atoms with Gasteiger partial charge in [0, 0.05) is 6.54 Å². The van der Waals surface area contributed by atoms with Crippen molar-refractivity contribution in [3.8, 4) is 0 Å². The van der Waals surface area contributed by atoms with Gasteiger partial charge < -0.3 is 20.8 Å². The summed E-state index contributed by atoms with van der Waals surface area (Å²) in [6, 6.07) is -0.689. The summed E-state index contributed by atoms with van der Waals surface area (Å²) in [5.74, 6) is -3.65. The average Bonchev–Trinajstić information content (AvgIpc) is 2.77. The van der Waals surface area contributed by atoms with Crippen molar-refractivity contribution in [1.29, 1.82) is 0 Å². The van der Waals surface area contributed by atoms with Crippen LogP contribution in [0.4, 0.5) is 13.2 Å². The Balaban J connectivity index is 0.000000399. The van der Waals surface area contributed by atoms with Crippen LogP contribution in [0.15, 0.2) is 0 Å². The first-order valence-electron chi connectivity index (χ1n) is 5.65. The number of nitrogens with zero attached hydrogens (tertiary/aromatic N) is 1. The molecule has 0 amide bonds. The minimum Gasteiger partial charge on any atom is -0.480 e. The largest absolute Gasteiger partial charge is 0.490 e. The Hall–Kier alpha value is -1.35. The van der Waals surface area contributed by atoms with Crippen molar-refractivity contribution >= 4 is 11.9 Å². The molecule has 19 heavy (non-hydrogen) atoms. The van der Waals surface area contributed by atoms with Gasteiger partial charge >= 0.3 is 18.1 Å². The smallest absolute Gasteiger partial charge is 0.480 e. The van der Waals surface area contributed by atoms with Crippen molar-refractivity contribution in [3.05, 3.63) is 0 Å². The number of likely N-dealkylation sites (tertiary alicyclic amines) is 1. The summed E-state index contributed by atoms with van der Waals surface area (Å²) in [6.07, 6.45) is -2.04. The Bertz CT molecular complexity index is 304. The Labute approximate surface area is 108 Å². The van der Waals surface area contributed by atoms with Crippen LogP contribution in [0, 0.1) is 0 Å². The summed E-state index contributed by atoms with van der Waals surface area (Å²) in [7, 11) is 0. The number of aliphatic carboxylic acids is 2. The number of hydrogen-bond acceptors (Lipinski definition) is 4. The van der Waals surface area contributed by atoms with Crippen molar-refractivity contribution in [2.45, 2.75) is 31.5 Å². The van der Waals surface area contributed by atoms with Gasteiger partial charge in [0.2, 0.25) is 0 Å². The molecular formula is C10H17F3N2O4. The predicted octanol–water partition coefficient (Wildman–Crippen LogP) is 0.518. The fraction of sp³-hybridized carbons (Fsp3) is 0.800. The van der Waals surface area contributed by atoms with Crippen molar-refractivity contribution in [2.24, 2.45) is 5.73 Å². The molecule has 1 saturated heterocycles. The van der Waals surface area contributed by atoms with E-state index in [2.05, 4.69) is 4.90 Å². The fourth-order valence-corrected chi connectivity index (χ4v) is 1.45. The molecule has 0 spiro atoms. The number of carboxylic acid groups (broad SMARTS) is 2. The fourth-order valence-electron chi connectivity index (χ4n) is 1.45. The SMILES string of the molecule is N[C@@H](CCN1CCCC1)C(=O)O.O=C(O)C(F)(F)F. The molecule has 1 atom stereocenters. The number of halogens is 3. The van der Waals surface area contributed by atoms with Gasteiger partial charge in [-0.2, -0.15) is 13.2 Å². The molecule has 0 bridgehead atoms. The van der Waals surface area contributed by atoms with Crippen molar-refractivity contribution in [3.63, 3.8) is 0 Å². The number of rotatable bonds is 4. The second kappa shape index (κ2) is 7.95. The number of hydrogen-bond donors (Lipinski definition) is 3. The van der Waals surface area contributed by atoms with Crippen molar-refractivity contribution in [1.82, 2.24) is 4.90 Å². The standard InChI is InChI=1S/C8H16N2O2.C2HF3O2/c9-7(8(11)12)3-6-10-4-1-2-5-10;3-2(4,5)1(6)7/h7H,1-6,9H2,(H,11,12);(H,6,7)/t7-;/m0./s1. The summed E-state index contributed by atoms with van der Waals surface area (Å²) in [5, 5.41) is 15.6. The lowest BCUT2D eigenvalue weighted by atomic mass is 10.2. The zero-order chi connectivity index (χ0) is 15.1. The van der Waals surface area contributed by atoms with Crippen LogP contribution >= 0.6 is 0 Å². The third-order valence-corrected chi connectivity index (χ3v) is 2.51. The predicted molar refractivity (Wildman–Crippen MR) is 59.6 cm³/mol. The van der Waals surface area contributed by atoms with Gasteiger partial charge in [0.1, 0.15) is 6.04 Å². The zero-order valence-corrected chi connectivity index (χ0v) is 10.2. The lowest BCUT2D eigenvalue weighted by molar-refractivity contribution is -0.192. The highest BCUT2D eigenvalue weighted by Crippen LogP contribution is 2.13. The molecule has 6 nitrogen and oxygen atoms in total. The third kappa shape index (κ3) is 8.38. The van der Waals surface area contributed by atoms with E-state index in [1.54, 1.807) is 0 Å². The first-order chi connectivity index (χ1) is 8.64. The van der Waals surface area contributed by atoms with Crippen LogP contribution in [0.3, 0.4) is 0 Å². The molecule has 0 aromatic carbocycles. The number of alkyl halides is 3. The van der Waals surface area contributed by atoms with Gasteiger partial charge in [0.05, 0.1) is 0 Å². The van der Waals surface area contributed by atoms with Crippen LogP contribution in [0.2, 0.25) is 0 Å². The van der Waals surface area contributed by atoms with Crippen LogP contribution in [-0.4, -0.2) is 58.9 Å². The topological polar surface area (TPSA) is 104 Å². The summed E-state index contributed by atoms with van der Waals surface area (Å²) in [5.41, 5.74) is 5.37. The molecular weight excluding hydrogens is 269 g/mol. The summed E-state index contributed by atoms with van der Waals surface area (Å²) in [6.45, 7) is 3.03. The Kier molecular flexibility index (Phi) is 7.38. The molecule has 0 aromatic rings. The minimum atomic E-state index is -5.08. The van der Waals surface area contributed by atoms with Crippen LogP contribution < -0.4 is 5.73 Å². The van der Waals surface area contributed by atoms with E-state index in [9.17, 15) is 18.0 Å². The van der Waals surface area contributed by atoms with Crippen LogP contribution in [0.5, 0.6) is 0 Å². The Morgan fingerprint density at radius 1 is 1.21 bits per heavy atom. The lowest BCUT2D eigenvalue weighted by Gasteiger charge is -2.15. The molecule has 112 valence electrons. The molecule has 0 unspecified atom stereocenters. The molecule has 1 fully saturated rings. The number of carboxylic acids is 2. The van der Waals surface area contributed by atoms with Crippen molar-refractivity contribution in [2.75, 3.05) is 19.6 Å². The van der Waals surface area contributed by atoms with E-state index in [1.807, 2.05) is 0 Å². The highest BCUT2D eigenvalue weighted by molar-refractivity contribution is 5.73. The molecule has 0 saturated carbocycles. The van der Waals surface area contributed by atoms with Gasteiger partial charge in [-0.05, 0) is 32.4 Å². The van der Waals surface area contributed by atoms with E-state index in [0.717, 1.165) is 19.6 Å². The third-order valence-electron chi connectivity index (χ3n) is 2.51. The van der Waals surface area contributed by atoms with Crippen LogP contribution in [0.1, 0.15) is 19.3 Å². The number of carbonyl (C=O) groups is 2. The molecule has 1 aliphatic heterocycles. The molecule has 1 heterocycles. The summed E-state index contributed by atoms with van der Waals surface area (Å²) >= 11 is 0. The van der Waals surface area contributed by atoms with E-state index in [4.69, 9.17) is 20.7 Å². The second-order valence-electron chi connectivity index (χ2n) is 4.09. The van der Waals surface area contributed by atoms with E-state index in [1.165, 1.54) is 12.8 Å². The van der Waals surface area contributed by atoms with Crippen LogP contribution in [0.25, 0.3) is 0 Å². The highest BCUT2D eigenvalue weighted by atomic mass is 19.4. The highest BCUT2D eigenvalue weighted by Gasteiger charge is 2.38. The Morgan fingerprint density at radius 2 is 1.63 bits per heavy atom. The van der Waals surface area contributed by atoms with E-state index >= 15 is 0 Å². The van der Waals surface area contributed by atoms with Crippen molar-refractivity contribution < 1.29 is 33.0 Å². The summed E-state index contributed by atoms with van der Waals surface area (Å²) in [4.78, 5) is 21.5. The number of nitrogens with two attached hydrogens (primary N) is 1. The lowest BCUT2D eigenvalue weighted by Crippen LogP contribution is -2.34. The quantitative estimate of drug-likeness (QED) is 0.696. The molecule has 9 heteroatoms. The molecule has 4 N–H and O–H groups in total. The zero-order valence-electron chi connectivity index (χ0n) is 10.2. The average molecular weight is 286 g/mol. The van der Waals surface area contributed by atoms with Gasteiger partial charge in [0.15, 0.2) is 0 Å². The molecule has 1 rings (SSSR count). The van der Waals surface area contributed by atoms with E-state index in [-0.39, 0.29) is 0 Å². The van der Waals surface area contributed by atoms with Gasteiger partial charge in [0.25, 0.3) is 0 Å². The first-order valence-corrected chi connectivity index (χ1v) is 5.65. The normalized spacial score (nSPS) is 17.5. The molecule has 0 radical (unpaired) electrons. The maximum absolute atomic E-state index is 10.6. The maximum atomic E-state index is 10.6. The van der Waals surface area contributed by atoms with Gasteiger partial charge in [-0.25, -0.2) is 4.79 Å². The first kappa shape index (κ1) is 17.6. The molecule has 1 aliphatic rings. The summed E-state index contributed by atoms with van der Waals surface area (Å²) < 4.78 is 31.7. The van der Waals surface area contributed by atoms with E-state index in [0.29, 0.717) is 6.42 Å². The minimum absolute atomic E-state index is 0.565. The second-order valence-corrected chi connectivity index (χ2v) is 4.09.